The molecule has 142 valence electrons. The fourth-order valence-corrected chi connectivity index (χ4v) is 2.45. The number of carbonyl (C=O) groups excluding carboxylic acids is 2. The maximum atomic E-state index is 13.6. The second-order valence-corrected chi connectivity index (χ2v) is 5.96. The van der Waals surface area contributed by atoms with Gasteiger partial charge in [-0.1, -0.05) is 24.3 Å². The number of benzene rings is 2. The van der Waals surface area contributed by atoms with Crippen LogP contribution in [-0.2, 0) is 11.3 Å². The van der Waals surface area contributed by atoms with E-state index >= 15 is 0 Å². The van der Waals surface area contributed by atoms with Crippen LogP contribution in [0.4, 0.5) is 21.6 Å². The summed E-state index contributed by atoms with van der Waals surface area (Å²) in [7, 11) is 0. The van der Waals surface area contributed by atoms with Crippen molar-refractivity contribution in [1.29, 1.82) is 0 Å². The van der Waals surface area contributed by atoms with Crippen LogP contribution in [0.25, 0.3) is 0 Å². The maximum Gasteiger partial charge on any atom is 0.276 e. The molecular weight excluding hydrogens is 361 g/mol. The molecule has 0 saturated carbocycles. The molecule has 1 heterocycles. The predicted octanol–water partition coefficient (Wildman–Crippen LogP) is 3.44. The summed E-state index contributed by atoms with van der Waals surface area (Å²) in [6.07, 6.45) is 0. The molecule has 0 bridgehead atoms. The van der Waals surface area contributed by atoms with Crippen molar-refractivity contribution >= 4 is 29.0 Å². The number of carbonyl (C=O) groups is 2. The first-order valence-electron chi connectivity index (χ1n) is 8.51. The van der Waals surface area contributed by atoms with Crippen LogP contribution in [0.2, 0.25) is 0 Å². The second-order valence-electron chi connectivity index (χ2n) is 5.96. The molecule has 3 N–H and O–H groups in total. The van der Waals surface area contributed by atoms with Crippen molar-refractivity contribution in [2.75, 3.05) is 16.0 Å². The van der Waals surface area contributed by atoms with Gasteiger partial charge in [-0.2, -0.15) is 0 Å². The summed E-state index contributed by atoms with van der Waals surface area (Å²) in [5, 5.41) is 16.1. The van der Waals surface area contributed by atoms with Gasteiger partial charge in [0, 0.05) is 30.4 Å². The number of rotatable bonds is 6. The zero-order valence-electron chi connectivity index (χ0n) is 15.1. The molecular formula is C20H18FN5O2. The number of amides is 2. The van der Waals surface area contributed by atoms with E-state index in [1.165, 1.54) is 19.1 Å². The quantitative estimate of drug-likeness (QED) is 0.610. The van der Waals surface area contributed by atoms with Crippen molar-refractivity contribution in [2.24, 2.45) is 0 Å². The first kappa shape index (κ1) is 19.0. The molecule has 7 nitrogen and oxygen atoms in total. The number of halogens is 1. The van der Waals surface area contributed by atoms with Gasteiger partial charge in [0.2, 0.25) is 5.91 Å². The largest absolute Gasteiger partial charge is 0.364 e. The average Bonchev–Trinajstić information content (AvgIpc) is 2.67. The summed E-state index contributed by atoms with van der Waals surface area (Å²) in [4.78, 5) is 23.4. The molecule has 3 aromatic rings. The standard InChI is InChI=1S/C20H18FN5O2/c1-13(27)23-15-6-4-7-16(11-15)24-20(28)18-9-10-19(26-25-18)22-12-14-5-2-3-8-17(14)21/h2-11H,12H2,1H3,(H,22,26)(H,23,27)(H,24,28). The summed E-state index contributed by atoms with van der Waals surface area (Å²) in [6, 6.07) is 16.3. The van der Waals surface area contributed by atoms with Crippen molar-refractivity contribution in [3.05, 3.63) is 77.7 Å². The van der Waals surface area contributed by atoms with E-state index in [-0.39, 0.29) is 24.0 Å². The van der Waals surface area contributed by atoms with Gasteiger partial charge >= 0.3 is 0 Å². The first-order chi connectivity index (χ1) is 13.5. The lowest BCUT2D eigenvalue weighted by Gasteiger charge is -2.08. The van der Waals surface area contributed by atoms with E-state index in [1.807, 2.05) is 0 Å². The number of anilines is 3. The summed E-state index contributed by atoms with van der Waals surface area (Å²) in [5.41, 5.74) is 1.72. The molecule has 0 aliphatic carbocycles. The smallest absolute Gasteiger partial charge is 0.276 e. The Balaban J connectivity index is 1.61. The van der Waals surface area contributed by atoms with E-state index in [0.29, 0.717) is 22.8 Å². The molecule has 0 spiro atoms. The predicted molar refractivity (Wildman–Crippen MR) is 104 cm³/mol. The van der Waals surface area contributed by atoms with Gasteiger partial charge in [-0.3, -0.25) is 9.59 Å². The molecule has 0 atom stereocenters. The minimum Gasteiger partial charge on any atom is -0.364 e. The van der Waals surface area contributed by atoms with Crippen LogP contribution >= 0.6 is 0 Å². The van der Waals surface area contributed by atoms with E-state index < -0.39 is 5.91 Å². The Bertz CT molecular complexity index is 992. The minimum atomic E-state index is -0.437. The zero-order chi connectivity index (χ0) is 19.9. The second kappa shape index (κ2) is 8.72. The molecule has 28 heavy (non-hydrogen) atoms. The van der Waals surface area contributed by atoms with Crippen LogP contribution in [0.5, 0.6) is 0 Å². The van der Waals surface area contributed by atoms with E-state index in [0.717, 1.165) is 0 Å². The normalized spacial score (nSPS) is 10.2. The molecule has 0 radical (unpaired) electrons. The molecule has 1 aromatic heterocycles. The van der Waals surface area contributed by atoms with Crippen LogP contribution in [0.1, 0.15) is 23.0 Å². The molecule has 0 unspecified atom stereocenters. The molecule has 3 rings (SSSR count). The maximum absolute atomic E-state index is 13.6. The molecule has 2 aromatic carbocycles. The van der Waals surface area contributed by atoms with Crippen molar-refractivity contribution in [1.82, 2.24) is 10.2 Å². The van der Waals surface area contributed by atoms with Crippen LogP contribution in [0, 0.1) is 5.82 Å². The average molecular weight is 379 g/mol. The lowest BCUT2D eigenvalue weighted by Crippen LogP contribution is -2.15. The Hall–Kier alpha value is -3.81. The van der Waals surface area contributed by atoms with Crippen molar-refractivity contribution in [2.45, 2.75) is 13.5 Å². The third-order valence-corrected chi connectivity index (χ3v) is 3.76. The van der Waals surface area contributed by atoms with Crippen LogP contribution in [0.3, 0.4) is 0 Å². The Morgan fingerprint density at radius 1 is 0.929 bits per heavy atom. The zero-order valence-corrected chi connectivity index (χ0v) is 15.1. The molecule has 0 saturated heterocycles. The first-order valence-corrected chi connectivity index (χ1v) is 8.51. The van der Waals surface area contributed by atoms with Crippen molar-refractivity contribution in [3.8, 4) is 0 Å². The summed E-state index contributed by atoms with van der Waals surface area (Å²) >= 11 is 0. The number of nitrogens with zero attached hydrogens (tertiary/aromatic N) is 2. The third-order valence-electron chi connectivity index (χ3n) is 3.76. The van der Waals surface area contributed by atoms with Crippen molar-refractivity contribution < 1.29 is 14.0 Å². The number of aromatic nitrogens is 2. The number of nitrogens with one attached hydrogen (secondary N) is 3. The highest BCUT2D eigenvalue weighted by atomic mass is 19.1. The van der Waals surface area contributed by atoms with E-state index in [2.05, 4.69) is 26.1 Å². The van der Waals surface area contributed by atoms with Crippen LogP contribution < -0.4 is 16.0 Å². The fourth-order valence-electron chi connectivity index (χ4n) is 2.45. The molecule has 2 amide bonds. The lowest BCUT2D eigenvalue weighted by atomic mass is 10.2. The van der Waals surface area contributed by atoms with E-state index in [9.17, 15) is 14.0 Å². The molecule has 0 aliphatic rings. The van der Waals surface area contributed by atoms with Gasteiger partial charge in [0.15, 0.2) is 5.69 Å². The minimum absolute atomic E-state index is 0.126. The highest BCUT2D eigenvalue weighted by Gasteiger charge is 2.10. The highest BCUT2D eigenvalue weighted by Crippen LogP contribution is 2.16. The van der Waals surface area contributed by atoms with Gasteiger partial charge in [0.1, 0.15) is 11.6 Å². The van der Waals surface area contributed by atoms with Crippen LogP contribution in [0.15, 0.2) is 60.7 Å². The summed E-state index contributed by atoms with van der Waals surface area (Å²) in [5.74, 6) is -0.520. The van der Waals surface area contributed by atoms with Gasteiger partial charge in [0.05, 0.1) is 0 Å². The Labute approximate surface area is 161 Å². The van der Waals surface area contributed by atoms with Gasteiger partial charge in [0.25, 0.3) is 5.91 Å². The van der Waals surface area contributed by atoms with Crippen molar-refractivity contribution in [3.63, 3.8) is 0 Å². The van der Waals surface area contributed by atoms with Gasteiger partial charge in [-0.25, -0.2) is 4.39 Å². The van der Waals surface area contributed by atoms with E-state index in [1.54, 1.807) is 48.5 Å². The van der Waals surface area contributed by atoms with Gasteiger partial charge in [-0.05, 0) is 36.4 Å². The summed E-state index contributed by atoms with van der Waals surface area (Å²) in [6.45, 7) is 1.66. The molecule has 8 heteroatoms. The lowest BCUT2D eigenvalue weighted by molar-refractivity contribution is -0.114. The van der Waals surface area contributed by atoms with Gasteiger partial charge < -0.3 is 16.0 Å². The van der Waals surface area contributed by atoms with Crippen LogP contribution in [-0.4, -0.2) is 22.0 Å². The highest BCUT2D eigenvalue weighted by molar-refractivity contribution is 6.03. The summed E-state index contributed by atoms with van der Waals surface area (Å²) < 4.78 is 13.6. The Morgan fingerprint density at radius 3 is 2.36 bits per heavy atom. The Kier molecular flexibility index (Phi) is 5.91. The SMILES string of the molecule is CC(=O)Nc1cccc(NC(=O)c2ccc(NCc3ccccc3F)nn2)c1. The molecule has 0 fully saturated rings. The third kappa shape index (κ3) is 5.10. The fraction of sp³-hybridized carbons (Fsp3) is 0.100. The monoisotopic (exact) mass is 379 g/mol. The Morgan fingerprint density at radius 2 is 1.68 bits per heavy atom. The molecule has 0 aliphatic heterocycles. The number of hydrogen-bond acceptors (Lipinski definition) is 5. The topological polar surface area (TPSA) is 96.0 Å². The van der Waals surface area contributed by atoms with E-state index in [4.69, 9.17) is 0 Å². The number of hydrogen-bond donors (Lipinski definition) is 3. The van der Waals surface area contributed by atoms with Gasteiger partial charge in [-0.15, -0.1) is 10.2 Å².